The van der Waals surface area contributed by atoms with Crippen LogP contribution in [0.5, 0.6) is 5.75 Å². The summed E-state index contributed by atoms with van der Waals surface area (Å²) in [4.78, 5) is 0.255. The number of methoxy groups -OCH3 is 1. The van der Waals surface area contributed by atoms with Crippen molar-refractivity contribution in [3.63, 3.8) is 0 Å². The van der Waals surface area contributed by atoms with Crippen LogP contribution in [0.2, 0.25) is 5.02 Å². The van der Waals surface area contributed by atoms with Crippen molar-refractivity contribution < 1.29 is 13.2 Å². The Morgan fingerprint density at radius 1 is 0.935 bits per heavy atom. The van der Waals surface area contributed by atoms with Gasteiger partial charge in [0.05, 0.1) is 12.0 Å². The molecule has 2 aliphatic heterocycles. The first-order valence-corrected chi connectivity index (χ1v) is 12.0. The van der Waals surface area contributed by atoms with Gasteiger partial charge in [-0.1, -0.05) is 54.1 Å². The SMILES string of the molecule is COc1ccc(-c2ccc(C3[C@H]4CNC[C@@H]3N4S(=O)(=O)c3cccc(Cl)c3)cc2)cc1. The maximum absolute atomic E-state index is 13.3. The molecule has 2 bridgehead atoms. The molecule has 0 radical (unpaired) electrons. The number of nitrogens with one attached hydrogen (secondary N) is 1. The molecule has 0 aliphatic carbocycles. The molecule has 1 unspecified atom stereocenters. The number of hydrogen-bond acceptors (Lipinski definition) is 4. The molecule has 3 atom stereocenters. The molecule has 2 fully saturated rings. The molecule has 2 heterocycles. The summed E-state index contributed by atoms with van der Waals surface area (Å²) in [6.07, 6.45) is 0. The van der Waals surface area contributed by atoms with Crippen LogP contribution in [-0.4, -0.2) is 45.0 Å². The lowest BCUT2D eigenvalue weighted by Gasteiger charge is -2.57. The lowest BCUT2D eigenvalue weighted by molar-refractivity contribution is 0.0370. The summed E-state index contributed by atoms with van der Waals surface area (Å²) in [6.45, 7) is 1.28. The number of rotatable bonds is 5. The van der Waals surface area contributed by atoms with E-state index in [1.54, 1.807) is 29.6 Å². The Balaban J connectivity index is 1.39. The van der Waals surface area contributed by atoms with E-state index in [1.807, 2.05) is 24.3 Å². The fourth-order valence-corrected chi connectivity index (χ4v) is 6.91. The Hall–Kier alpha value is -2.38. The molecule has 0 spiro atoms. The van der Waals surface area contributed by atoms with E-state index in [4.69, 9.17) is 16.3 Å². The highest BCUT2D eigenvalue weighted by Crippen LogP contribution is 2.46. The summed E-state index contributed by atoms with van der Waals surface area (Å²) in [7, 11) is -1.93. The highest BCUT2D eigenvalue weighted by atomic mass is 35.5. The number of sulfonamides is 1. The second kappa shape index (κ2) is 7.95. The van der Waals surface area contributed by atoms with Gasteiger partial charge in [-0.05, 0) is 47.0 Å². The van der Waals surface area contributed by atoms with E-state index >= 15 is 0 Å². The summed E-state index contributed by atoms with van der Waals surface area (Å²) in [5, 5.41) is 3.78. The first-order chi connectivity index (χ1) is 15.0. The van der Waals surface area contributed by atoms with E-state index in [-0.39, 0.29) is 22.9 Å². The van der Waals surface area contributed by atoms with Gasteiger partial charge in [0.2, 0.25) is 10.0 Å². The van der Waals surface area contributed by atoms with E-state index in [9.17, 15) is 8.42 Å². The number of piperidine rings is 1. The van der Waals surface area contributed by atoms with Gasteiger partial charge in [-0.25, -0.2) is 8.42 Å². The van der Waals surface area contributed by atoms with E-state index in [2.05, 4.69) is 29.6 Å². The molecule has 3 aromatic carbocycles. The van der Waals surface area contributed by atoms with Crippen LogP contribution in [0.25, 0.3) is 11.1 Å². The van der Waals surface area contributed by atoms with Crippen molar-refractivity contribution in [3.8, 4) is 16.9 Å². The van der Waals surface area contributed by atoms with Crippen molar-refractivity contribution in [1.29, 1.82) is 0 Å². The number of piperazine rings is 1. The van der Waals surface area contributed by atoms with Gasteiger partial charge in [0, 0.05) is 36.1 Å². The van der Waals surface area contributed by atoms with E-state index in [0.29, 0.717) is 18.1 Å². The van der Waals surface area contributed by atoms with Crippen LogP contribution in [-0.2, 0) is 10.0 Å². The van der Waals surface area contributed by atoms with Crippen LogP contribution >= 0.6 is 11.6 Å². The van der Waals surface area contributed by atoms with E-state index in [1.165, 1.54) is 11.6 Å². The maximum atomic E-state index is 13.3. The Morgan fingerprint density at radius 3 is 2.13 bits per heavy atom. The largest absolute Gasteiger partial charge is 0.497 e. The molecule has 0 aromatic heterocycles. The van der Waals surface area contributed by atoms with Gasteiger partial charge < -0.3 is 10.1 Å². The summed E-state index contributed by atoms with van der Waals surface area (Å²) in [5.41, 5.74) is 3.41. The summed E-state index contributed by atoms with van der Waals surface area (Å²) in [6, 6.07) is 22.7. The van der Waals surface area contributed by atoms with Crippen LogP contribution in [0.4, 0.5) is 0 Å². The van der Waals surface area contributed by atoms with Crippen LogP contribution in [0.1, 0.15) is 11.5 Å². The lowest BCUT2D eigenvalue weighted by atomic mass is 9.74. The molecule has 1 N–H and O–H groups in total. The van der Waals surface area contributed by atoms with E-state index in [0.717, 1.165) is 16.9 Å². The molecule has 5 nitrogen and oxygen atoms in total. The molecular formula is C24H23ClN2O3S. The number of fused-ring (bicyclic) bond motifs is 2. The molecule has 160 valence electrons. The topological polar surface area (TPSA) is 58.6 Å². The number of ether oxygens (including phenoxy) is 1. The van der Waals surface area contributed by atoms with Gasteiger partial charge in [-0.15, -0.1) is 0 Å². The average molecular weight is 455 g/mol. The monoisotopic (exact) mass is 454 g/mol. The third kappa shape index (κ3) is 3.53. The fourth-order valence-electron chi connectivity index (χ4n) is 4.76. The normalized spacial score (nSPS) is 23.2. The van der Waals surface area contributed by atoms with Crippen molar-refractivity contribution in [2.45, 2.75) is 22.9 Å². The summed E-state index contributed by atoms with van der Waals surface area (Å²) < 4.78 is 33.4. The van der Waals surface area contributed by atoms with Crippen LogP contribution in [0.15, 0.2) is 77.7 Å². The molecule has 3 aromatic rings. The Morgan fingerprint density at radius 2 is 1.55 bits per heavy atom. The molecule has 0 amide bonds. The minimum absolute atomic E-state index is 0.102. The zero-order valence-electron chi connectivity index (χ0n) is 17.0. The smallest absolute Gasteiger partial charge is 0.243 e. The summed E-state index contributed by atoms with van der Waals surface area (Å²) >= 11 is 6.04. The highest BCUT2D eigenvalue weighted by Gasteiger charge is 2.56. The molecule has 2 saturated heterocycles. The quantitative estimate of drug-likeness (QED) is 0.629. The first kappa shape index (κ1) is 20.5. The zero-order chi connectivity index (χ0) is 21.6. The minimum Gasteiger partial charge on any atom is -0.497 e. The summed E-state index contributed by atoms with van der Waals surface area (Å²) in [5.74, 6) is 1.01. The molecule has 5 rings (SSSR count). The second-order valence-electron chi connectivity index (χ2n) is 7.96. The average Bonchev–Trinajstić information content (AvgIpc) is 2.80. The third-order valence-electron chi connectivity index (χ3n) is 6.28. The highest BCUT2D eigenvalue weighted by molar-refractivity contribution is 7.89. The van der Waals surface area contributed by atoms with Crippen molar-refractivity contribution in [3.05, 3.63) is 83.4 Å². The number of benzene rings is 3. The number of halogens is 1. The maximum Gasteiger partial charge on any atom is 0.243 e. The number of hydrogen-bond donors (Lipinski definition) is 1. The first-order valence-electron chi connectivity index (χ1n) is 10.2. The standard InChI is InChI=1S/C24H23ClN2O3S/c1-30-20-11-9-17(10-12-20)16-5-7-18(8-6-16)24-22-14-26-15-23(24)27(22)31(28,29)21-4-2-3-19(25)13-21/h2-13,22-24,26H,14-15H2,1H3/t22-,23+,24?. The predicted octanol–water partition coefficient (Wildman–Crippen LogP) is 4.14. The Bertz CT molecular complexity index is 1180. The fraction of sp³-hybridized carbons (Fsp3) is 0.250. The second-order valence-corrected chi connectivity index (χ2v) is 10.2. The van der Waals surface area contributed by atoms with Crippen molar-refractivity contribution >= 4 is 21.6 Å². The number of nitrogens with zero attached hydrogens (tertiary/aromatic N) is 1. The van der Waals surface area contributed by atoms with Gasteiger partial charge in [-0.3, -0.25) is 0 Å². The van der Waals surface area contributed by atoms with Crippen LogP contribution < -0.4 is 10.1 Å². The van der Waals surface area contributed by atoms with Crippen molar-refractivity contribution in [1.82, 2.24) is 9.62 Å². The molecule has 31 heavy (non-hydrogen) atoms. The Labute approximate surface area is 187 Å². The minimum atomic E-state index is -3.59. The van der Waals surface area contributed by atoms with Gasteiger partial charge in [0.1, 0.15) is 5.75 Å². The van der Waals surface area contributed by atoms with Gasteiger partial charge in [0.15, 0.2) is 0 Å². The van der Waals surface area contributed by atoms with Crippen molar-refractivity contribution in [2.75, 3.05) is 20.2 Å². The molecular weight excluding hydrogens is 432 g/mol. The zero-order valence-corrected chi connectivity index (χ0v) is 18.6. The van der Waals surface area contributed by atoms with Crippen LogP contribution in [0.3, 0.4) is 0 Å². The van der Waals surface area contributed by atoms with Gasteiger partial charge in [-0.2, -0.15) is 4.31 Å². The molecule has 2 aliphatic rings. The van der Waals surface area contributed by atoms with Gasteiger partial charge in [0.25, 0.3) is 0 Å². The molecule has 7 heteroatoms. The van der Waals surface area contributed by atoms with Crippen molar-refractivity contribution in [2.24, 2.45) is 0 Å². The van der Waals surface area contributed by atoms with Gasteiger partial charge >= 0.3 is 0 Å². The Kier molecular flexibility index (Phi) is 5.26. The lowest BCUT2D eigenvalue weighted by Crippen LogP contribution is -2.73. The molecule has 0 saturated carbocycles. The predicted molar refractivity (Wildman–Crippen MR) is 122 cm³/mol. The van der Waals surface area contributed by atoms with E-state index < -0.39 is 10.0 Å². The van der Waals surface area contributed by atoms with Crippen LogP contribution in [0, 0.1) is 0 Å². The third-order valence-corrected chi connectivity index (χ3v) is 8.46.